The molecule has 0 aliphatic rings. The van der Waals surface area contributed by atoms with E-state index in [1.165, 1.54) is 4.57 Å². The fourth-order valence-corrected chi connectivity index (χ4v) is 2.63. The number of oxazole rings is 1. The maximum Gasteiger partial charge on any atom is 0.420 e. The molecule has 0 bridgehead atoms. The molecule has 122 valence electrons. The first-order chi connectivity index (χ1) is 11.6. The van der Waals surface area contributed by atoms with Crippen LogP contribution >= 0.6 is 11.6 Å². The number of allylic oxidation sites excluding steroid dienone is 1. The lowest BCUT2D eigenvalue weighted by atomic mass is 10.1. The number of nitrogens with zero attached hydrogens (tertiary/aromatic N) is 1. The van der Waals surface area contributed by atoms with Crippen LogP contribution in [0.1, 0.15) is 15.9 Å². The normalized spacial score (nSPS) is 10.7. The quantitative estimate of drug-likeness (QED) is 0.723. The minimum absolute atomic E-state index is 0.254. The van der Waals surface area contributed by atoms with Crippen LogP contribution in [0.5, 0.6) is 0 Å². The molecule has 5 nitrogen and oxygen atoms in total. The Hall–Kier alpha value is -2.79. The van der Waals surface area contributed by atoms with Crippen LogP contribution in [0, 0.1) is 0 Å². The summed E-state index contributed by atoms with van der Waals surface area (Å²) in [5, 5.41) is 3.42. The van der Waals surface area contributed by atoms with E-state index in [9.17, 15) is 9.59 Å². The van der Waals surface area contributed by atoms with Crippen LogP contribution < -0.4 is 11.1 Å². The van der Waals surface area contributed by atoms with Crippen molar-refractivity contribution in [3.05, 3.63) is 81.8 Å². The van der Waals surface area contributed by atoms with Crippen molar-refractivity contribution in [1.29, 1.82) is 0 Å². The Bertz CT molecular complexity index is 972. The van der Waals surface area contributed by atoms with Crippen LogP contribution in [-0.4, -0.2) is 10.5 Å². The maximum absolute atomic E-state index is 12.4. The van der Waals surface area contributed by atoms with Gasteiger partial charge in [-0.2, -0.15) is 0 Å². The van der Waals surface area contributed by atoms with Crippen LogP contribution in [0.4, 0.5) is 0 Å². The lowest BCUT2D eigenvalue weighted by molar-refractivity contribution is 0.0951. The standard InChI is InChI=1S/C18H15ClN2O3/c1-2-9-21-15-10-12(7-8-16(15)24-18(21)23)17(22)20-11-13-5-3-4-6-14(13)19/h2-8,10H,1,9,11H2,(H,20,22). The van der Waals surface area contributed by atoms with Gasteiger partial charge in [-0.05, 0) is 29.8 Å². The number of carbonyl (C=O) groups excluding carboxylic acids is 1. The first-order valence-corrected chi connectivity index (χ1v) is 7.74. The highest BCUT2D eigenvalue weighted by Crippen LogP contribution is 2.17. The Morgan fingerprint density at radius 1 is 1.29 bits per heavy atom. The van der Waals surface area contributed by atoms with E-state index in [1.54, 1.807) is 30.3 Å². The van der Waals surface area contributed by atoms with Gasteiger partial charge in [0.05, 0.1) is 5.52 Å². The number of aromatic nitrogens is 1. The summed E-state index contributed by atoms with van der Waals surface area (Å²) in [6, 6.07) is 12.2. The molecule has 1 amide bonds. The molecule has 2 aromatic carbocycles. The van der Waals surface area contributed by atoms with E-state index in [0.29, 0.717) is 34.8 Å². The smallest absolute Gasteiger partial charge is 0.408 e. The molecule has 1 heterocycles. The number of fused-ring (bicyclic) bond motifs is 1. The Labute approximate surface area is 143 Å². The van der Waals surface area contributed by atoms with Gasteiger partial charge in [0.25, 0.3) is 5.91 Å². The Balaban J connectivity index is 1.84. The average Bonchev–Trinajstić information content (AvgIpc) is 2.89. The maximum atomic E-state index is 12.4. The monoisotopic (exact) mass is 342 g/mol. The highest BCUT2D eigenvalue weighted by molar-refractivity contribution is 6.31. The topological polar surface area (TPSA) is 64.2 Å². The summed E-state index contributed by atoms with van der Waals surface area (Å²) in [4.78, 5) is 24.1. The highest BCUT2D eigenvalue weighted by atomic mass is 35.5. The highest BCUT2D eigenvalue weighted by Gasteiger charge is 2.12. The molecule has 6 heteroatoms. The third kappa shape index (κ3) is 3.12. The van der Waals surface area contributed by atoms with Crippen molar-refractivity contribution in [2.24, 2.45) is 0 Å². The lowest BCUT2D eigenvalue weighted by Crippen LogP contribution is -2.23. The zero-order valence-electron chi connectivity index (χ0n) is 12.8. The fraction of sp³-hybridized carbons (Fsp3) is 0.111. The number of nitrogens with one attached hydrogen (secondary N) is 1. The molecular formula is C18H15ClN2O3. The van der Waals surface area contributed by atoms with Crippen molar-refractivity contribution in [3.8, 4) is 0 Å². The molecule has 0 spiro atoms. The molecule has 0 fully saturated rings. The van der Waals surface area contributed by atoms with E-state index >= 15 is 0 Å². The van der Waals surface area contributed by atoms with E-state index in [2.05, 4.69) is 11.9 Å². The molecular weight excluding hydrogens is 328 g/mol. The summed E-state index contributed by atoms with van der Waals surface area (Å²) >= 11 is 6.08. The zero-order chi connectivity index (χ0) is 17.1. The van der Waals surface area contributed by atoms with Crippen molar-refractivity contribution in [2.45, 2.75) is 13.1 Å². The Kier molecular flexibility index (Phi) is 4.53. The molecule has 1 N–H and O–H groups in total. The van der Waals surface area contributed by atoms with Gasteiger partial charge in [0.15, 0.2) is 5.58 Å². The van der Waals surface area contributed by atoms with Crippen LogP contribution in [0.3, 0.4) is 0 Å². The molecule has 1 aromatic heterocycles. The fourth-order valence-electron chi connectivity index (χ4n) is 2.42. The second kappa shape index (κ2) is 6.76. The van der Waals surface area contributed by atoms with Crippen molar-refractivity contribution in [2.75, 3.05) is 0 Å². The van der Waals surface area contributed by atoms with Crippen LogP contribution in [-0.2, 0) is 13.1 Å². The summed E-state index contributed by atoms with van der Waals surface area (Å²) in [6.45, 7) is 4.26. The molecule has 3 rings (SSSR count). The Morgan fingerprint density at radius 3 is 2.83 bits per heavy atom. The van der Waals surface area contributed by atoms with E-state index in [0.717, 1.165) is 5.56 Å². The minimum atomic E-state index is -0.474. The van der Waals surface area contributed by atoms with Crippen LogP contribution in [0.15, 0.2) is 64.3 Å². The van der Waals surface area contributed by atoms with Crippen molar-refractivity contribution in [1.82, 2.24) is 9.88 Å². The number of hydrogen-bond donors (Lipinski definition) is 1. The van der Waals surface area contributed by atoms with Gasteiger partial charge in [0.2, 0.25) is 0 Å². The van der Waals surface area contributed by atoms with Gasteiger partial charge in [0, 0.05) is 23.7 Å². The average molecular weight is 343 g/mol. The molecule has 0 saturated carbocycles. The minimum Gasteiger partial charge on any atom is -0.408 e. The molecule has 0 atom stereocenters. The second-order valence-electron chi connectivity index (χ2n) is 5.22. The van der Waals surface area contributed by atoms with Gasteiger partial charge >= 0.3 is 5.76 Å². The molecule has 0 aliphatic heterocycles. The molecule has 0 radical (unpaired) electrons. The van der Waals surface area contributed by atoms with Gasteiger partial charge in [-0.25, -0.2) is 4.79 Å². The second-order valence-corrected chi connectivity index (χ2v) is 5.63. The first-order valence-electron chi connectivity index (χ1n) is 7.36. The van der Waals surface area contributed by atoms with E-state index in [1.807, 2.05) is 18.2 Å². The number of carbonyl (C=O) groups is 1. The predicted molar refractivity (Wildman–Crippen MR) is 93.3 cm³/mol. The molecule has 24 heavy (non-hydrogen) atoms. The number of amides is 1. The van der Waals surface area contributed by atoms with Crippen molar-refractivity contribution >= 4 is 28.6 Å². The summed E-state index contributed by atoms with van der Waals surface area (Å²) < 4.78 is 6.57. The van der Waals surface area contributed by atoms with Crippen molar-refractivity contribution < 1.29 is 9.21 Å². The SMILES string of the molecule is C=CCn1c(=O)oc2ccc(C(=O)NCc3ccccc3Cl)cc21. The number of rotatable bonds is 5. The van der Waals surface area contributed by atoms with E-state index in [4.69, 9.17) is 16.0 Å². The molecule has 0 saturated heterocycles. The number of halogens is 1. The van der Waals surface area contributed by atoms with Gasteiger partial charge in [-0.3, -0.25) is 9.36 Å². The zero-order valence-corrected chi connectivity index (χ0v) is 13.5. The summed E-state index contributed by atoms with van der Waals surface area (Å²) in [7, 11) is 0. The largest absolute Gasteiger partial charge is 0.420 e. The van der Waals surface area contributed by atoms with Gasteiger partial charge < -0.3 is 9.73 Å². The predicted octanol–water partition coefficient (Wildman–Crippen LogP) is 3.36. The number of benzene rings is 2. The van der Waals surface area contributed by atoms with Crippen molar-refractivity contribution in [3.63, 3.8) is 0 Å². The third-order valence-electron chi connectivity index (χ3n) is 3.64. The van der Waals surface area contributed by atoms with E-state index < -0.39 is 5.76 Å². The molecule has 0 aliphatic carbocycles. The van der Waals surface area contributed by atoms with Gasteiger partial charge in [-0.15, -0.1) is 6.58 Å². The first kappa shape index (κ1) is 16.1. The van der Waals surface area contributed by atoms with Gasteiger partial charge in [-0.1, -0.05) is 35.9 Å². The molecule has 3 aromatic rings. The summed E-state index contributed by atoms with van der Waals surface area (Å²) in [5.74, 6) is -0.728. The van der Waals surface area contributed by atoms with Crippen LogP contribution in [0.2, 0.25) is 5.02 Å². The van der Waals surface area contributed by atoms with Crippen LogP contribution in [0.25, 0.3) is 11.1 Å². The summed E-state index contributed by atoms with van der Waals surface area (Å²) in [5.41, 5.74) is 2.27. The Morgan fingerprint density at radius 2 is 2.08 bits per heavy atom. The lowest BCUT2D eigenvalue weighted by Gasteiger charge is -2.07. The number of hydrogen-bond acceptors (Lipinski definition) is 3. The molecule has 0 unspecified atom stereocenters. The summed E-state index contributed by atoms with van der Waals surface area (Å²) in [6.07, 6.45) is 1.60. The third-order valence-corrected chi connectivity index (χ3v) is 4.01. The van der Waals surface area contributed by atoms with Gasteiger partial charge in [0.1, 0.15) is 0 Å². The van der Waals surface area contributed by atoms with E-state index in [-0.39, 0.29) is 5.91 Å².